The van der Waals surface area contributed by atoms with Gasteiger partial charge >= 0.3 is 0 Å². The largest absolute Gasteiger partial charge is 0.314 e. The van der Waals surface area contributed by atoms with Gasteiger partial charge in [-0.25, -0.2) is 0 Å². The Balaban J connectivity index is 2.96. The first-order valence-electron chi connectivity index (χ1n) is 10.0. The van der Waals surface area contributed by atoms with E-state index < -0.39 is 0 Å². The van der Waals surface area contributed by atoms with E-state index in [1.807, 2.05) is 0 Å². The average Bonchev–Trinajstić information content (AvgIpc) is 2.50. The molecule has 0 radical (unpaired) electrons. The van der Waals surface area contributed by atoms with E-state index in [1.165, 1.54) is 103 Å². The molecule has 0 aliphatic rings. The van der Waals surface area contributed by atoms with Crippen molar-refractivity contribution in [2.24, 2.45) is 0 Å². The predicted octanol–water partition coefficient (Wildman–Crippen LogP) is 6.86. The minimum atomic E-state index is 0.701. The molecule has 0 bridgehead atoms. The van der Waals surface area contributed by atoms with Crippen LogP contribution in [-0.4, -0.2) is 12.6 Å². The second-order valence-corrected chi connectivity index (χ2v) is 6.86. The number of rotatable bonds is 17. The Morgan fingerprint density at radius 3 is 1.33 bits per heavy atom. The van der Waals surface area contributed by atoms with Crippen LogP contribution in [0.4, 0.5) is 0 Å². The third-order valence-electron chi connectivity index (χ3n) is 4.64. The maximum Gasteiger partial charge on any atom is 0.00360 e. The van der Waals surface area contributed by atoms with Crippen molar-refractivity contribution in [3.05, 3.63) is 0 Å². The molecule has 0 amide bonds. The van der Waals surface area contributed by atoms with Gasteiger partial charge < -0.3 is 5.32 Å². The molecule has 1 nitrogen and oxygen atoms in total. The summed E-state index contributed by atoms with van der Waals surface area (Å²) in [6.07, 6.45) is 21.5. The lowest BCUT2D eigenvalue weighted by Gasteiger charge is -2.10. The molecule has 128 valence electrons. The molecule has 0 aliphatic heterocycles. The van der Waals surface area contributed by atoms with E-state index in [1.54, 1.807) is 0 Å². The number of unbranched alkanes of at least 4 members (excludes halogenated alkanes) is 13. The zero-order valence-corrected chi connectivity index (χ0v) is 15.4. The Morgan fingerprint density at radius 1 is 0.571 bits per heavy atom. The first kappa shape index (κ1) is 21.0. The fourth-order valence-corrected chi connectivity index (χ4v) is 2.81. The average molecular weight is 298 g/mol. The summed E-state index contributed by atoms with van der Waals surface area (Å²) in [5.74, 6) is 0. The van der Waals surface area contributed by atoms with Crippen molar-refractivity contribution in [2.75, 3.05) is 6.54 Å². The molecule has 0 rings (SSSR count). The molecule has 0 aliphatic carbocycles. The van der Waals surface area contributed by atoms with Gasteiger partial charge in [-0.15, -0.1) is 0 Å². The molecule has 1 heteroatoms. The highest BCUT2D eigenvalue weighted by Gasteiger charge is 1.96. The minimum Gasteiger partial charge on any atom is -0.314 e. The Morgan fingerprint density at radius 2 is 0.952 bits per heavy atom. The highest BCUT2D eigenvalue weighted by molar-refractivity contribution is 4.57. The predicted molar refractivity (Wildman–Crippen MR) is 98.1 cm³/mol. The summed E-state index contributed by atoms with van der Waals surface area (Å²) in [6, 6.07) is 0.701. The quantitative estimate of drug-likeness (QED) is 0.289. The molecular weight excluding hydrogens is 254 g/mol. The summed E-state index contributed by atoms with van der Waals surface area (Å²) < 4.78 is 0. The van der Waals surface area contributed by atoms with Crippen molar-refractivity contribution in [1.82, 2.24) is 5.32 Å². The van der Waals surface area contributed by atoms with Gasteiger partial charge in [0.2, 0.25) is 0 Å². The highest BCUT2D eigenvalue weighted by atomic mass is 14.9. The number of hydrogen-bond donors (Lipinski definition) is 1. The molecule has 1 unspecified atom stereocenters. The SMILES string of the molecule is CCCCCCCCCCCCCCCCNC(C)CC. The van der Waals surface area contributed by atoms with Crippen molar-refractivity contribution in [2.45, 2.75) is 123 Å². The first-order valence-corrected chi connectivity index (χ1v) is 10.0. The lowest BCUT2D eigenvalue weighted by molar-refractivity contribution is 0.498. The van der Waals surface area contributed by atoms with Gasteiger partial charge in [0, 0.05) is 6.04 Å². The molecule has 0 heterocycles. The van der Waals surface area contributed by atoms with Gasteiger partial charge in [-0.05, 0) is 26.3 Å². The lowest BCUT2D eigenvalue weighted by atomic mass is 10.0. The normalized spacial score (nSPS) is 12.7. The van der Waals surface area contributed by atoms with Crippen LogP contribution >= 0.6 is 0 Å². The van der Waals surface area contributed by atoms with Crippen LogP contribution in [0.5, 0.6) is 0 Å². The summed E-state index contributed by atoms with van der Waals surface area (Å²) >= 11 is 0. The Bertz CT molecular complexity index is 179. The molecule has 0 fully saturated rings. The van der Waals surface area contributed by atoms with Crippen LogP contribution in [0.2, 0.25) is 0 Å². The number of nitrogens with one attached hydrogen (secondary N) is 1. The van der Waals surface area contributed by atoms with Crippen LogP contribution in [0, 0.1) is 0 Å². The molecule has 0 aromatic carbocycles. The Hall–Kier alpha value is -0.0400. The maximum absolute atomic E-state index is 3.58. The van der Waals surface area contributed by atoms with Crippen LogP contribution in [0.3, 0.4) is 0 Å². The van der Waals surface area contributed by atoms with E-state index in [4.69, 9.17) is 0 Å². The summed E-state index contributed by atoms with van der Waals surface area (Å²) in [5, 5.41) is 3.58. The molecular formula is C20H43N. The zero-order chi connectivity index (χ0) is 15.6. The zero-order valence-electron chi connectivity index (χ0n) is 15.4. The van der Waals surface area contributed by atoms with Crippen molar-refractivity contribution >= 4 is 0 Å². The Kier molecular flexibility index (Phi) is 18.0. The van der Waals surface area contributed by atoms with E-state index in [2.05, 4.69) is 26.1 Å². The molecule has 0 saturated carbocycles. The van der Waals surface area contributed by atoms with Gasteiger partial charge in [-0.1, -0.05) is 97.3 Å². The maximum atomic E-state index is 3.58. The second kappa shape index (κ2) is 18.0. The van der Waals surface area contributed by atoms with E-state index in [0.717, 1.165) is 0 Å². The van der Waals surface area contributed by atoms with E-state index in [0.29, 0.717) is 6.04 Å². The number of hydrogen-bond acceptors (Lipinski definition) is 1. The monoisotopic (exact) mass is 297 g/mol. The standard InChI is InChI=1S/C20H43N/c1-4-6-7-8-9-10-11-12-13-14-15-16-17-18-19-21-20(3)5-2/h20-21H,4-19H2,1-3H3. The molecule has 0 aromatic heterocycles. The third kappa shape index (κ3) is 17.9. The van der Waals surface area contributed by atoms with Gasteiger partial charge in [0.1, 0.15) is 0 Å². The lowest BCUT2D eigenvalue weighted by Crippen LogP contribution is -2.25. The minimum absolute atomic E-state index is 0.701. The fraction of sp³-hybridized carbons (Fsp3) is 1.00. The van der Waals surface area contributed by atoms with E-state index in [9.17, 15) is 0 Å². The van der Waals surface area contributed by atoms with Gasteiger partial charge in [-0.3, -0.25) is 0 Å². The second-order valence-electron chi connectivity index (χ2n) is 6.86. The summed E-state index contributed by atoms with van der Waals surface area (Å²) in [6.45, 7) is 8.04. The van der Waals surface area contributed by atoms with Crippen LogP contribution in [0.25, 0.3) is 0 Å². The van der Waals surface area contributed by atoms with Crippen molar-refractivity contribution < 1.29 is 0 Å². The Labute approximate surface area is 135 Å². The van der Waals surface area contributed by atoms with Crippen LogP contribution < -0.4 is 5.32 Å². The first-order chi connectivity index (χ1) is 10.3. The van der Waals surface area contributed by atoms with Crippen molar-refractivity contribution in [3.8, 4) is 0 Å². The van der Waals surface area contributed by atoms with Gasteiger partial charge in [0.15, 0.2) is 0 Å². The molecule has 0 saturated heterocycles. The van der Waals surface area contributed by atoms with Crippen LogP contribution in [0.1, 0.15) is 117 Å². The molecule has 21 heavy (non-hydrogen) atoms. The topological polar surface area (TPSA) is 12.0 Å². The summed E-state index contributed by atoms with van der Waals surface area (Å²) in [7, 11) is 0. The van der Waals surface area contributed by atoms with Crippen molar-refractivity contribution in [3.63, 3.8) is 0 Å². The van der Waals surface area contributed by atoms with E-state index >= 15 is 0 Å². The molecule has 0 spiro atoms. The highest BCUT2D eigenvalue weighted by Crippen LogP contribution is 2.12. The van der Waals surface area contributed by atoms with Crippen molar-refractivity contribution in [1.29, 1.82) is 0 Å². The van der Waals surface area contributed by atoms with Gasteiger partial charge in [-0.2, -0.15) is 0 Å². The van der Waals surface area contributed by atoms with Crippen LogP contribution in [0.15, 0.2) is 0 Å². The summed E-state index contributed by atoms with van der Waals surface area (Å²) in [4.78, 5) is 0. The molecule has 0 aromatic rings. The van der Waals surface area contributed by atoms with Gasteiger partial charge in [0.25, 0.3) is 0 Å². The third-order valence-corrected chi connectivity index (χ3v) is 4.64. The smallest absolute Gasteiger partial charge is 0.00360 e. The summed E-state index contributed by atoms with van der Waals surface area (Å²) in [5.41, 5.74) is 0. The van der Waals surface area contributed by atoms with E-state index in [-0.39, 0.29) is 0 Å². The fourth-order valence-electron chi connectivity index (χ4n) is 2.81. The molecule has 1 atom stereocenters. The van der Waals surface area contributed by atoms with Crippen LogP contribution in [-0.2, 0) is 0 Å². The molecule has 1 N–H and O–H groups in total. The van der Waals surface area contributed by atoms with Gasteiger partial charge in [0.05, 0.1) is 0 Å².